The highest BCUT2D eigenvalue weighted by molar-refractivity contribution is 5.05. The Balaban J connectivity index is 1.81. The van der Waals surface area contributed by atoms with E-state index in [4.69, 9.17) is 0 Å². The molecule has 0 N–H and O–H groups in total. The van der Waals surface area contributed by atoms with E-state index < -0.39 is 0 Å². The molecule has 3 fully saturated rings. The Morgan fingerprint density at radius 3 is 1.86 bits per heavy atom. The first kappa shape index (κ1) is 9.24. The third-order valence-electron chi connectivity index (χ3n) is 6.11. The van der Waals surface area contributed by atoms with Crippen LogP contribution in [0.25, 0.3) is 0 Å². The standard InChI is InChI=1S/C14H24/c1-3-14(4-2)8-12-10-5-6-11(7-10)13(12)9-14/h10-13H,3-9H2,1-2H3. The molecule has 3 saturated carbocycles. The minimum Gasteiger partial charge on any atom is -0.0649 e. The van der Waals surface area contributed by atoms with Crippen molar-refractivity contribution >= 4 is 0 Å². The molecule has 0 aliphatic heterocycles. The van der Waals surface area contributed by atoms with Gasteiger partial charge in [-0.1, -0.05) is 26.7 Å². The van der Waals surface area contributed by atoms with Crippen LogP contribution >= 0.6 is 0 Å². The van der Waals surface area contributed by atoms with Gasteiger partial charge in [0.1, 0.15) is 0 Å². The summed E-state index contributed by atoms with van der Waals surface area (Å²) in [5.41, 5.74) is 0.774. The van der Waals surface area contributed by atoms with Gasteiger partial charge in [0.25, 0.3) is 0 Å². The van der Waals surface area contributed by atoms with Crippen molar-refractivity contribution in [2.45, 2.75) is 58.8 Å². The average Bonchev–Trinajstić information content (AvgIpc) is 2.88. The van der Waals surface area contributed by atoms with Crippen LogP contribution < -0.4 is 0 Å². The second-order valence-electron chi connectivity index (χ2n) is 6.28. The molecule has 0 aromatic rings. The summed E-state index contributed by atoms with van der Waals surface area (Å²) >= 11 is 0. The van der Waals surface area contributed by atoms with Gasteiger partial charge in [0.2, 0.25) is 0 Å². The third kappa shape index (κ3) is 1.06. The maximum Gasteiger partial charge on any atom is -0.0297 e. The maximum atomic E-state index is 2.42. The van der Waals surface area contributed by atoms with Crippen molar-refractivity contribution in [3.8, 4) is 0 Å². The van der Waals surface area contributed by atoms with E-state index in [1.165, 1.54) is 12.8 Å². The molecular formula is C14H24. The predicted molar refractivity (Wildman–Crippen MR) is 60.1 cm³/mol. The molecule has 0 nitrogen and oxygen atoms in total. The summed E-state index contributed by atoms with van der Waals surface area (Å²) in [4.78, 5) is 0. The number of hydrogen-bond donors (Lipinski definition) is 0. The molecule has 0 spiro atoms. The highest BCUT2D eigenvalue weighted by atomic mass is 14.6. The summed E-state index contributed by atoms with van der Waals surface area (Å²) in [6, 6.07) is 0. The van der Waals surface area contributed by atoms with E-state index in [1.807, 2.05) is 0 Å². The van der Waals surface area contributed by atoms with Gasteiger partial charge in [-0.2, -0.15) is 0 Å². The molecular weight excluding hydrogens is 168 g/mol. The largest absolute Gasteiger partial charge is 0.0649 e. The first-order valence-electron chi connectivity index (χ1n) is 6.78. The zero-order valence-corrected chi connectivity index (χ0v) is 9.76. The second-order valence-corrected chi connectivity index (χ2v) is 6.28. The van der Waals surface area contributed by atoms with Crippen LogP contribution in [0.5, 0.6) is 0 Å². The first-order chi connectivity index (χ1) is 6.78. The molecule has 3 rings (SSSR count). The number of hydrogen-bond acceptors (Lipinski definition) is 0. The lowest BCUT2D eigenvalue weighted by atomic mass is 9.78. The molecule has 0 radical (unpaired) electrons. The Bertz CT molecular complexity index is 206. The lowest BCUT2D eigenvalue weighted by Gasteiger charge is -2.27. The van der Waals surface area contributed by atoms with Crippen LogP contribution in [0.15, 0.2) is 0 Å². The molecule has 0 aromatic carbocycles. The van der Waals surface area contributed by atoms with Gasteiger partial charge in [0.05, 0.1) is 0 Å². The summed E-state index contributed by atoms with van der Waals surface area (Å²) in [6.45, 7) is 4.85. The molecule has 80 valence electrons. The van der Waals surface area contributed by atoms with E-state index in [-0.39, 0.29) is 0 Å². The smallest absolute Gasteiger partial charge is 0.0297 e. The van der Waals surface area contributed by atoms with Crippen LogP contribution in [0.3, 0.4) is 0 Å². The van der Waals surface area contributed by atoms with Gasteiger partial charge in [0, 0.05) is 0 Å². The molecule has 4 unspecified atom stereocenters. The van der Waals surface area contributed by atoms with Gasteiger partial charge >= 0.3 is 0 Å². The second kappa shape index (κ2) is 3.00. The van der Waals surface area contributed by atoms with Crippen molar-refractivity contribution in [1.82, 2.24) is 0 Å². The zero-order chi connectivity index (χ0) is 9.76. The maximum absolute atomic E-state index is 2.42. The topological polar surface area (TPSA) is 0 Å². The van der Waals surface area contributed by atoms with Crippen molar-refractivity contribution in [3.63, 3.8) is 0 Å². The molecule has 3 aliphatic carbocycles. The lowest BCUT2D eigenvalue weighted by Crippen LogP contribution is -2.16. The van der Waals surface area contributed by atoms with E-state index in [2.05, 4.69) is 13.8 Å². The van der Waals surface area contributed by atoms with Crippen molar-refractivity contribution in [2.75, 3.05) is 0 Å². The van der Waals surface area contributed by atoms with Gasteiger partial charge in [-0.3, -0.25) is 0 Å². The van der Waals surface area contributed by atoms with Crippen LogP contribution in [0, 0.1) is 29.1 Å². The zero-order valence-electron chi connectivity index (χ0n) is 9.76. The molecule has 0 amide bonds. The van der Waals surface area contributed by atoms with E-state index in [0.717, 1.165) is 29.1 Å². The Hall–Kier alpha value is 0. The fourth-order valence-corrected chi connectivity index (χ4v) is 5.08. The van der Waals surface area contributed by atoms with Crippen molar-refractivity contribution in [2.24, 2.45) is 29.1 Å². The molecule has 0 heterocycles. The molecule has 4 atom stereocenters. The molecule has 2 bridgehead atoms. The Labute approximate surface area is 88.5 Å². The lowest BCUT2D eigenvalue weighted by molar-refractivity contribution is 0.237. The normalized spacial score (nSPS) is 48.4. The minimum absolute atomic E-state index is 0.774. The Morgan fingerprint density at radius 2 is 1.43 bits per heavy atom. The summed E-state index contributed by atoms with van der Waals surface area (Å²) in [6.07, 6.45) is 10.8. The summed E-state index contributed by atoms with van der Waals surface area (Å²) < 4.78 is 0. The van der Waals surface area contributed by atoms with Gasteiger partial charge in [-0.25, -0.2) is 0 Å². The average molecular weight is 192 g/mol. The van der Waals surface area contributed by atoms with E-state index in [9.17, 15) is 0 Å². The molecule has 0 aromatic heterocycles. The van der Waals surface area contributed by atoms with Crippen LogP contribution in [-0.2, 0) is 0 Å². The summed E-state index contributed by atoms with van der Waals surface area (Å²) in [7, 11) is 0. The third-order valence-corrected chi connectivity index (χ3v) is 6.11. The van der Waals surface area contributed by atoms with Gasteiger partial charge in [0.15, 0.2) is 0 Å². The van der Waals surface area contributed by atoms with Crippen LogP contribution in [0.4, 0.5) is 0 Å². The molecule has 0 saturated heterocycles. The molecule has 0 heteroatoms. The summed E-state index contributed by atoms with van der Waals surface area (Å²) in [5.74, 6) is 4.64. The Kier molecular flexibility index (Phi) is 1.98. The Morgan fingerprint density at radius 1 is 0.929 bits per heavy atom. The monoisotopic (exact) mass is 192 g/mol. The quantitative estimate of drug-likeness (QED) is 0.613. The number of fused-ring (bicyclic) bond motifs is 5. The molecule has 14 heavy (non-hydrogen) atoms. The fraction of sp³-hybridized carbons (Fsp3) is 1.00. The van der Waals surface area contributed by atoms with Gasteiger partial charge in [-0.05, 0) is 61.2 Å². The van der Waals surface area contributed by atoms with Crippen LogP contribution in [0.1, 0.15) is 58.8 Å². The fourth-order valence-electron chi connectivity index (χ4n) is 5.08. The SMILES string of the molecule is CCC1(CC)CC2C3CCC(C3)C2C1. The number of rotatable bonds is 2. The van der Waals surface area contributed by atoms with Gasteiger partial charge < -0.3 is 0 Å². The highest BCUT2D eigenvalue weighted by Gasteiger charge is 2.55. The van der Waals surface area contributed by atoms with Crippen molar-refractivity contribution in [3.05, 3.63) is 0 Å². The van der Waals surface area contributed by atoms with Crippen LogP contribution in [-0.4, -0.2) is 0 Å². The van der Waals surface area contributed by atoms with Crippen molar-refractivity contribution < 1.29 is 0 Å². The minimum atomic E-state index is 0.774. The van der Waals surface area contributed by atoms with Gasteiger partial charge in [-0.15, -0.1) is 0 Å². The highest BCUT2D eigenvalue weighted by Crippen LogP contribution is 2.64. The van der Waals surface area contributed by atoms with E-state index in [0.29, 0.717) is 0 Å². The van der Waals surface area contributed by atoms with Crippen LogP contribution in [0.2, 0.25) is 0 Å². The van der Waals surface area contributed by atoms with Crippen molar-refractivity contribution in [1.29, 1.82) is 0 Å². The molecule has 3 aliphatic rings. The van der Waals surface area contributed by atoms with E-state index in [1.54, 1.807) is 32.1 Å². The first-order valence-corrected chi connectivity index (χ1v) is 6.78. The summed E-state index contributed by atoms with van der Waals surface area (Å²) in [5, 5.41) is 0. The van der Waals surface area contributed by atoms with E-state index >= 15 is 0 Å². The predicted octanol–water partition coefficient (Wildman–Crippen LogP) is 4.25.